The van der Waals surface area contributed by atoms with Crippen LogP contribution in [0.15, 0.2) is 54.6 Å². The smallest absolute Gasteiger partial charge is 0.338 e. The van der Waals surface area contributed by atoms with E-state index >= 15 is 0 Å². The first kappa shape index (κ1) is 15.8. The van der Waals surface area contributed by atoms with Gasteiger partial charge in [0.1, 0.15) is 0 Å². The molecule has 0 heterocycles. The summed E-state index contributed by atoms with van der Waals surface area (Å²) >= 11 is 0. The van der Waals surface area contributed by atoms with E-state index in [1.807, 2.05) is 44.2 Å². The predicted octanol–water partition coefficient (Wildman–Crippen LogP) is 3.03. The van der Waals surface area contributed by atoms with Crippen molar-refractivity contribution in [3.63, 3.8) is 0 Å². The zero-order valence-electron chi connectivity index (χ0n) is 12.7. The summed E-state index contributed by atoms with van der Waals surface area (Å²) in [5, 5.41) is 2.81. The fourth-order valence-corrected chi connectivity index (χ4v) is 2.01. The molecule has 1 N–H and O–H groups in total. The van der Waals surface area contributed by atoms with E-state index in [1.165, 1.54) is 5.56 Å². The summed E-state index contributed by atoms with van der Waals surface area (Å²) in [5.74, 6) is -0.823. The third-order valence-electron chi connectivity index (χ3n) is 3.30. The molecule has 0 radical (unpaired) electrons. The molecule has 0 aromatic heterocycles. The lowest BCUT2D eigenvalue weighted by Crippen LogP contribution is -2.31. The summed E-state index contributed by atoms with van der Waals surface area (Å²) in [7, 11) is 0. The molecule has 2 aromatic carbocycles. The van der Waals surface area contributed by atoms with Crippen LogP contribution in [-0.4, -0.2) is 18.5 Å². The van der Waals surface area contributed by atoms with Gasteiger partial charge >= 0.3 is 5.97 Å². The van der Waals surface area contributed by atoms with Crippen LogP contribution in [0.25, 0.3) is 0 Å². The van der Waals surface area contributed by atoms with Crippen molar-refractivity contribution in [3.8, 4) is 0 Å². The van der Waals surface area contributed by atoms with E-state index in [0.717, 1.165) is 5.56 Å². The quantitative estimate of drug-likeness (QED) is 0.863. The first-order chi connectivity index (χ1) is 10.6. The van der Waals surface area contributed by atoms with Gasteiger partial charge in [-0.05, 0) is 31.5 Å². The number of hydrogen-bond donors (Lipinski definition) is 1. The van der Waals surface area contributed by atoms with Gasteiger partial charge in [0.2, 0.25) is 0 Å². The van der Waals surface area contributed by atoms with Crippen molar-refractivity contribution in [1.29, 1.82) is 0 Å². The van der Waals surface area contributed by atoms with Gasteiger partial charge in [-0.15, -0.1) is 0 Å². The average molecular weight is 297 g/mol. The van der Waals surface area contributed by atoms with Crippen LogP contribution in [0.3, 0.4) is 0 Å². The van der Waals surface area contributed by atoms with Gasteiger partial charge < -0.3 is 10.1 Å². The van der Waals surface area contributed by atoms with Crippen LogP contribution >= 0.6 is 0 Å². The molecular weight excluding hydrogens is 278 g/mol. The van der Waals surface area contributed by atoms with Crippen molar-refractivity contribution in [2.45, 2.75) is 19.9 Å². The van der Waals surface area contributed by atoms with Crippen LogP contribution in [0.4, 0.5) is 0 Å². The molecule has 114 valence electrons. The largest absolute Gasteiger partial charge is 0.452 e. The van der Waals surface area contributed by atoms with Crippen molar-refractivity contribution in [3.05, 3.63) is 71.3 Å². The number of amides is 1. The molecule has 2 aromatic rings. The maximum atomic E-state index is 11.8. The molecule has 0 saturated heterocycles. The van der Waals surface area contributed by atoms with Gasteiger partial charge in [-0.1, -0.05) is 48.0 Å². The Morgan fingerprint density at radius 3 is 2.32 bits per heavy atom. The third-order valence-corrected chi connectivity index (χ3v) is 3.30. The maximum Gasteiger partial charge on any atom is 0.338 e. The molecule has 0 aliphatic carbocycles. The van der Waals surface area contributed by atoms with Crippen molar-refractivity contribution < 1.29 is 14.3 Å². The van der Waals surface area contributed by atoms with Crippen molar-refractivity contribution in [2.75, 3.05) is 6.61 Å². The summed E-state index contributed by atoms with van der Waals surface area (Å²) < 4.78 is 4.99. The van der Waals surface area contributed by atoms with Crippen LogP contribution in [0.5, 0.6) is 0 Å². The number of benzene rings is 2. The minimum atomic E-state index is -0.501. The van der Waals surface area contributed by atoms with Gasteiger partial charge in [0.15, 0.2) is 6.61 Å². The first-order valence-corrected chi connectivity index (χ1v) is 7.14. The zero-order valence-corrected chi connectivity index (χ0v) is 12.7. The number of ether oxygens (including phenoxy) is 1. The Bertz CT molecular complexity index is 635. The van der Waals surface area contributed by atoms with E-state index < -0.39 is 5.97 Å². The Morgan fingerprint density at radius 1 is 1.05 bits per heavy atom. The standard InChI is InChI=1S/C18H19NO3/c1-13-8-10-15(11-9-13)14(2)19-17(20)12-22-18(21)16-6-4-3-5-7-16/h3-11,14H,12H2,1-2H3,(H,19,20)/t14-/m0/s1. The number of aryl methyl sites for hydroxylation is 1. The topological polar surface area (TPSA) is 55.4 Å². The summed E-state index contributed by atoms with van der Waals surface area (Å²) in [6, 6.07) is 16.4. The summed E-state index contributed by atoms with van der Waals surface area (Å²) in [6.07, 6.45) is 0. The molecule has 0 aliphatic heterocycles. The van der Waals surface area contributed by atoms with E-state index in [1.54, 1.807) is 24.3 Å². The highest BCUT2D eigenvalue weighted by molar-refractivity contribution is 5.91. The number of hydrogen-bond acceptors (Lipinski definition) is 3. The second kappa shape index (κ2) is 7.41. The molecule has 0 saturated carbocycles. The van der Waals surface area contributed by atoms with E-state index in [4.69, 9.17) is 4.74 Å². The van der Waals surface area contributed by atoms with Gasteiger partial charge in [0.05, 0.1) is 11.6 Å². The molecule has 22 heavy (non-hydrogen) atoms. The molecule has 1 amide bonds. The lowest BCUT2D eigenvalue weighted by atomic mass is 10.1. The summed E-state index contributed by atoms with van der Waals surface area (Å²) in [6.45, 7) is 3.61. The van der Waals surface area contributed by atoms with Gasteiger partial charge in [0.25, 0.3) is 5.91 Å². The molecule has 0 aliphatic rings. The van der Waals surface area contributed by atoms with Gasteiger partial charge in [-0.3, -0.25) is 4.79 Å². The number of esters is 1. The Balaban J connectivity index is 1.83. The molecule has 0 spiro atoms. The average Bonchev–Trinajstić information content (AvgIpc) is 2.54. The number of rotatable bonds is 5. The Kier molecular flexibility index (Phi) is 5.31. The van der Waals surface area contributed by atoms with E-state index in [0.29, 0.717) is 5.56 Å². The minimum absolute atomic E-state index is 0.136. The van der Waals surface area contributed by atoms with E-state index in [-0.39, 0.29) is 18.6 Å². The van der Waals surface area contributed by atoms with Crippen LogP contribution in [0, 0.1) is 6.92 Å². The van der Waals surface area contributed by atoms with Gasteiger partial charge in [-0.25, -0.2) is 4.79 Å². The molecule has 0 unspecified atom stereocenters. The number of carbonyl (C=O) groups excluding carboxylic acids is 2. The normalized spacial score (nSPS) is 11.5. The maximum absolute atomic E-state index is 11.8. The number of carbonyl (C=O) groups is 2. The van der Waals surface area contributed by atoms with Crippen molar-refractivity contribution in [1.82, 2.24) is 5.32 Å². The number of nitrogens with one attached hydrogen (secondary N) is 1. The van der Waals surface area contributed by atoms with E-state index in [9.17, 15) is 9.59 Å². The molecular formula is C18H19NO3. The van der Waals surface area contributed by atoms with Crippen LogP contribution < -0.4 is 5.32 Å². The zero-order chi connectivity index (χ0) is 15.9. The summed E-state index contributed by atoms with van der Waals surface area (Å²) in [5.41, 5.74) is 2.61. The molecule has 4 heteroatoms. The molecule has 1 atom stereocenters. The molecule has 2 rings (SSSR count). The molecule has 0 fully saturated rings. The summed E-state index contributed by atoms with van der Waals surface area (Å²) in [4.78, 5) is 23.6. The van der Waals surface area contributed by atoms with E-state index in [2.05, 4.69) is 5.32 Å². The molecule has 0 bridgehead atoms. The van der Waals surface area contributed by atoms with Crippen LogP contribution in [-0.2, 0) is 9.53 Å². The predicted molar refractivity (Wildman–Crippen MR) is 84.5 cm³/mol. The highest BCUT2D eigenvalue weighted by atomic mass is 16.5. The second-order valence-electron chi connectivity index (χ2n) is 5.14. The van der Waals surface area contributed by atoms with Gasteiger partial charge in [0, 0.05) is 0 Å². The van der Waals surface area contributed by atoms with Crippen molar-refractivity contribution >= 4 is 11.9 Å². The monoisotopic (exact) mass is 297 g/mol. The van der Waals surface area contributed by atoms with Crippen LogP contribution in [0.1, 0.15) is 34.5 Å². The minimum Gasteiger partial charge on any atom is -0.452 e. The second-order valence-corrected chi connectivity index (χ2v) is 5.14. The highest BCUT2D eigenvalue weighted by Gasteiger charge is 2.12. The van der Waals surface area contributed by atoms with Crippen molar-refractivity contribution in [2.24, 2.45) is 0 Å². The lowest BCUT2D eigenvalue weighted by molar-refractivity contribution is -0.124. The Morgan fingerprint density at radius 2 is 1.68 bits per heavy atom. The lowest BCUT2D eigenvalue weighted by Gasteiger charge is -2.14. The van der Waals surface area contributed by atoms with Gasteiger partial charge in [-0.2, -0.15) is 0 Å². The first-order valence-electron chi connectivity index (χ1n) is 7.14. The fraction of sp³-hybridized carbons (Fsp3) is 0.222. The fourth-order valence-electron chi connectivity index (χ4n) is 2.01. The SMILES string of the molecule is Cc1ccc([C@H](C)NC(=O)COC(=O)c2ccccc2)cc1. The third kappa shape index (κ3) is 4.45. The Hall–Kier alpha value is -2.62. The van der Waals surface area contributed by atoms with Crippen LogP contribution in [0.2, 0.25) is 0 Å². The molecule has 4 nitrogen and oxygen atoms in total. The highest BCUT2D eigenvalue weighted by Crippen LogP contribution is 2.12. The Labute approximate surface area is 130 Å².